The van der Waals surface area contributed by atoms with Crippen molar-refractivity contribution in [1.82, 2.24) is 0 Å². The van der Waals surface area contributed by atoms with Crippen LogP contribution in [0, 0.1) is 5.82 Å². The summed E-state index contributed by atoms with van der Waals surface area (Å²) in [5.41, 5.74) is 2.15. The molecule has 0 radical (unpaired) electrons. The van der Waals surface area contributed by atoms with Crippen LogP contribution in [0.5, 0.6) is 5.75 Å². The SMILES string of the molecule is CCOC(=O)Oc1ccc(C(=O)Nc2ccc(NC(=O)/C=C/c3ccc(F)cc3)cc2)cc1. The number of ether oxygens (including phenoxy) is 2. The number of halogens is 1. The second-order valence-electron chi connectivity index (χ2n) is 6.72. The lowest BCUT2D eigenvalue weighted by Gasteiger charge is -2.08. The molecule has 168 valence electrons. The van der Waals surface area contributed by atoms with E-state index in [9.17, 15) is 18.8 Å². The van der Waals surface area contributed by atoms with E-state index in [-0.39, 0.29) is 30.0 Å². The van der Waals surface area contributed by atoms with E-state index in [1.54, 1.807) is 49.4 Å². The van der Waals surface area contributed by atoms with Gasteiger partial charge in [0.1, 0.15) is 11.6 Å². The van der Waals surface area contributed by atoms with E-state index in [1.807, 2.05) is 0 Å². The van der Waals surface area contributed by atoms with Crippen LogP contribution in [-0.4, -0.2) is 24.6 Å². The van der Waals surface area contributed by atoms with Crippen LogP contribution in [-0.2, 0) is 9.53 Å². The molecule has 3 aromatic rings. The summed E-state index contributed by atoms with van der Waals surface area (Å²) in [6, 6.07) is 18.4. The first kappa shape index (κ1) is 23.2. The molecule has 0 unspecified atom stereocenters. The number of hydrogen-bond acceptors (Lipinski definition) is 5. The van der Waals surface area contributed by atoms with E-state index in [1.165, 1.54) is 42.5 Å². The zero-order chi connectivity index (χ0) is 23.6. The van der Waals surface area contributed by atoms with E-state index < -0.39 is 6.16 Å². The van der Waals surface area contributed by atoms with Crippen LogP contribution in [0.15, 0.2) is 78.9 Å². The molecule has 0 heterocycles. The molecule has 0 fully saturated rings. The van der Waals surface area contributed by atoms with Crippen molar-refractivity contribution in [2.75, 3.05) is 17.2 Å². The highest BCUT2D eigenvalue weighted by Gasteiger charge is 2.09. The van der Waals surface area contributed by atoms with Crippen LogP contribution in [0.2, 0.25) is 0 Å². The van der Waals surface area contributed by atoms with E-state index in [2.05, 4.69) is 10.6 Å². The maximum absolute atomic E-state index is 12.9. The smallest absolute Gasteiger partial charge is 0.434 e. The monoisotopic (exact) mass is 448 g/mol. The van der Waals surface area contributed by atoms with E-state index in [0.29, 0.717) is 22.5 Å². The van der Waals surface area contributed by atoms with Gasteiger partial charge >= 0.3 is 6.16 Å². The number of benzene rings is 3. The summed E-state index contributed by atoms with van der Waals surface area (Å²) in [5, 5.41) is 5.44. The van der Waals surface area contributed by atoms with Gasteiger partial charge in [0.25, 0.3) is 5.91 Å². The summed E-state index contributed by atoms with van der Waals surface area (Å²) in [5.74, 6) is -0.777. The van der Waals surface area contributed by atoms with Crippen LogP contribution in [0.1, 0.15) is 22.8 Å². The first-order valence-corrected chi connectivity index (χ1v) is 10.0. The van der Waals surface area contributed by atoms with Crippen molar-refractivity contribution in [3.8, 4) is 5.75 Å². The predicted octanol–water partition coefficient (Wildman–Crippen LogP) is 5.27. The minimum atomic E-state index is -0.812. The Labute approximate surface area is 189 Å². The summed E-state index contributed by atoms with van der Waals surface area (Å²) < 4.78 is 22.6. The summed E-state index contributed by atoms with van der Waals surface area (Å²) in [4.78, 5) is 35.8. The molecule has 0 spiro atoms. The van der Waals surface area contributed by atoms with Crippen LogP contribution < -0.4 is 15.4 Å². The molecule has 0 aliphatic rings. The number of carbonyl (C=O) groups is 3. The molecule has 2 N–H and O–H groups in total. The van der Waals surface area contributed by atoms with Gasteiger partial charge in [-0.1, -0.05) is 12.1 Å². The minimum Gasteiger partial charge on any atom is -0.434 e. The van der Waals surface area contributed by atoms with Gasteiger partial charge in [0.05, 0.1) is 6.61 Å². The van der Waals surface area contributed by atoms with Gasteiger partial charge in [-0.25, -0.2) is 9.18 Å². The Morgan fingerprint density at radius 2 is 1.45 bits per heavy atom. The number of carbonyl (C=O) groups excluding carboxylic acids is 3. The number of hydrogen-bond donors (Lipinski definition) is 2. The molecule has 8 heteroatoms. The quantitative estimate of drug-likeness (QED) is 0.292. The third kappa shape index (κ3) is 7.32. The van der Waals surface area contributed by atoms with E-state index in [0.717, 1.165) is 0 Å². The normalized spacial score (nSPS) is 10.5. The molecule has 0 aromatic heterocycles. The van der Waals surface area contributed by atoms with Crippen molar-refractivity contribution in [3.05, 3.63) is 95.8 Å². The summed E-state index contributed by atoms with van der Waals surface area (Å²) in [6.45, 7) is 1.87. The predicted molar refractivity (Wildman–Crippen MR) is 123 cm³/mol. The topological polar surface area (TPSA) is 93.7 Å². The number of nitrogens with one attached hydrogen (secondary N) is 2. The number of rotatable bonds is 7. The molecule has 2 amide bonds. The summed E-state index contributed by atoms with van der Waals surface area (Å²) in [6.07, 6.45) is 2.11. The molecule has 3 rings (SSSR count). The maximum Gasteiger partial charge on any atom is 0.513 e. The molecule has 0 saturated carbocycles. The van der Waals surface area contributed by atoms with Gasteiger partial charge in [0, 0.05) is 23.0 Å². The Hall–Kier alpha value is -4.46. The number of amides is 2. The van der Waals surface area contributed by atoms with Crippen molar-refractivity contribution in [1.29, 1.82) is 0 Å². The molecular weight excluding hydrogens is 427 g/mol. The highest BCUT2D eigenvalue weighted by atomic mass is 19.1. The Kier molecular flexibility index (Phi) is 7.91. The highest BCUT2D eigenvalue weighted by Crippen LogP contribution is 2.17. The van der Waals surface area contributed by atoms with Crippen molar-refractivity contribution in [2.45, 2.75) is 6.92 Å². The molecule has 0 bridgehead atoms. The van der Waals surface area contributed by atoms with Crippen LogP contribution >= 0.6 is 0 Å². The standard InChI is InChI=1S/C25H21FN2O5/c1-2-32-25(31)33-22-14-6-18(7-15-22)24(30)28-21-12-10-20(11-13-21)27-23(29)16-5-17-3-8-19(26)9-4-17/h3-16H,2H2,1H3,(H,27,29)(H,28,30)/b16-5+. The summed E-state index contributed by atoms with van der Waals surface area (Å²) in [7, 11) is 0. The van der Waals surface area contributed by atoms with Crippen LogP contribution in [0.3, 0.4) is 0 Å². The average molecular weight is 448 g/mol. The van der Waals surface area contributed by atoms with Gasteiger partial charge in [0.2, 0.25) is 5.91 Å². The van der Waals surface area contributed by atoms with Gasteiger partial charge < -0.3 is 20.1 Å². The second kappa shape index (κ2) is 11.2. The van der Waals surface area contributed by atoms with E-state index in [4.69, 9.17) is 9.47 Å². The Balaban J connectivity index is 1.52. The molecule has 33 heavy (non-hydrogen) atoms. The van der Waals surface area contributed by atoms with Crippen molar-refractivity contribution in [2.24, 2.45) is 0 Å². The summed E-state index contributed by atoms with van der Waals surface area (Å²) >= 11 is 0. The van der Waals surface area contributed by atoms with Gasteiger partial charge in [0.15, 0.2) is 0 Å². The molecule has 0 aliphatic carbocycles. The lowest BCUT2D eigenvalue weighted by Crippen LogP contribution is -2.13. The van der Waals surface area contributed by atoms with Gasteiger partial charge in [-0.05, 0) is 79.2 Å². The Bertz CT molecular complexity index is 1140. The highest BCUT2D eigenvalue weighted by molar-refractivity contribution is 6.05. The third-order valence-electron chi connectivity index (χ3n) is 4.29. The zero-order valence-electron chi connectivity index (χ0n) is 17.7. The Morgan fingerprint density at radius 3 is 2.06 bits per heavy atom. The first-order valence-electron chi connectivity index (χ1n) is 10.0. The lowest BCUT2D eigenvalue weighted by molar-refractivity contribution is -0.111. The van der Waals surface area contributed by atoms with Crippen LogP contribution in [0.4, 0.5) is 20.6 Å². The second-order valence-corrected chi connectivity index (χ2v) is 6.72. The molecule has 0 aliphatic heterocycles. The van der Waals surface area contributed by atoms with Crippen molar-refractivity contribution < 1.29 is 28.2 Å². The molecule has 3 aromatic carbocycles. The molecule has 7 nitrogen and oxygen atoms in total. The fraction of sp³-hybridized carbons (Fsp3) is 0.0800. The average Bonchev–Trinajstić information content (AvgIpc) is 2.80. The van der Waals surface area contributed by atoms with E-state index >= 15 is 0 Å². The Morgan fingerprint density at radius 1 is 0.848 bits per heavy atom. The molecule has 0 saturated heterocycles. The fourth-order valence-electron chi connectivity index (χ4n) is 2.69. The van der Waals surface area contributed by atoms with Crippen molar-refractivity contribution in [3.63, 3.8) is 0 Å². The largest absolute Gasteiger partial charge is 0.513 e. The van der Waals surface area contributed by atoms with Gasteiger partial charge in [-0.15, -0.1) is 0 Å². The van der Waals surface area contributed by atoms with Crippen molar-refractivity contribution >= 4 is 35.4 Å². The lowest BCUT2D eigenvalue weighted by atomic mass is 10.2. The third-order valence-corrected chi connectivity index (χ3v) is 4.29. The minimum absolute atomic E-state index is 0.203. The number of anilines is 2. The first-order chi connectivity index (χ1) is 15.9. The fourth-order valence-corrected chi connectivity index (χ4v) is 2.69. The van der Waals surface area contributed by atoms with Gasteiger partial charge in [-0.2, -0.15) is 0 Å². The van der Waals surface area contributed by atoms with Gasteiger partial charge in [-0.3, -0.25) is 9.59 Å². The molecular formula is C25H21FN2O5. The molecule has 0 atom stereocenters. The van der Waals surface area contributed by atoms with Crippen LogP contribution in [0.25, 0.3) is 6.08 Å². The maximum atomic E-state index is 12.9. The zero-order valence-corrected chi connectivity index (χ0v) is 17.7.